The number of hydrogen-bond acceptors (Lipinski definition) is 5. The first-order chi connectivity index (χ1) is 11.8. The first-order valence-electron chi connectivity index (χ1n) is 7.98. The van der Waals surface area contributed by atoms with Gasteiger partial charge in [-0.05, 0) is 23.6 Å². The van der Waals surface area contributed by atoms with Crippen molar-refractivity contribution in [1.82, 2.24) is 10.3 Å². The molecule has 0 saturated heterocycles. The lowest BCUT2D eigenvalue weighted by atomic mass is 9.94. The van der Waals surface area contributed by atoms with Crippen LogP contribution in [0.1, 0.15) is 41.7 Å². The molecule has 2 amide bonds. The third-order valence-corrected chi connectivity index (χ3v) is 4.97. The number of carbonyl (C=O) groups excluding carboxylic acids is 2. The van der Waals surface area contributed by atoms with E-state index in [0.717, 1.165) is 10.6 Å². The third-order valence-electron chi connectivity index (χ3n) is 3.50. The summed E-state index contributed by atoms with van der Waals surface area (Å²) in [6.07, 6.45) is 2.35. The fourth-order valence-corrected chi connectivity index (χ4v) is 3.21. The Morgan fingerprint density at radius 1 is 1.28 bits per heavy atom. The average molecular weight is 361 g/mol. The Hall–Kier alpha value is -2.41. The first-order valence-corrected chi connectivity index (χ1v) is 8.80. The predicted molar refractivity (Wildman–Crippen MR) is 99.3 cm³/mol. The molecular formula is C18H23N3O3S. The van der Waals surface area contributed by atoms with Crippen LogP contribution in [0.2, 0.25) is 0 Å². The maximum Gasteiger partial charge on any atom is 0.340 e. The Labute approximate surface area is 151 Å². The highest BCUT2D eigenvalue weighted by Crippen LogP contribution is 2.36. The highest BCUT2D eigenvalue weighted by atomic mass is 32.1. The van der Waals surface area contributed by atoms with Crippen molar-refractivity contribution < 1.29 is 14.3 Å². The number of urea groups is 1. The smallest absolute Gasteiger partial charge is 0.340 e. The summed E-state index contributed by atoms with van der Waals surface area (Å²) < 4.78 is 4.81. The maximum atomic E-state index is 12.1. The van der Waals surface area contributed by atoms with Crippen LogP contribution in [-0.4, -0.2) is 30.6 Å². The van der Waals surface area contributed by atoms with Crippen molar-refractivity contribution in [2.24, 2.45) is 0 Å². The Bertz CT molecular complexity index is 736. The monoisotopic (exact) mass is 361 g/mol. The largest absolute Gasteiger partial charge is 0.465 e. The molecule has 0 atom stereocenters. The van der Waals surface area contributed by atoms with Gasteiger partial charge in [-0.2, -0.15) is 0 Å². The van der Waals surface area contributed by atoms with Crippen LogP contribution in [0.25, 0.3) is 0 Å². The molecule has 25 heavy (non-hydrogen) atoms. The molecule has 0 unspecified atom stereocenters. The molecular weight excluding hydrogens is 338 g/mol. The van der Waals surface area contributed by atoms with Crippen LogP contribution in [0.5, 0.6) is 0 Å². The highest BCUT2D eigenvalue weighted by Gasteiger charge is 2.24. The molecule has 2 rings (SSSR count). The van der Waals surface area contributed by atoms with Crippen molar-refractivity contribution in [1.29, 1.82) is 0 Å². The van der Waals surface area contributed by atoms with E-state index in [1.54, 1.807) is 12.3 Å². The van der Waals surface area contributed by atoms with Gasteiger partial charge in [0.1, 0.15) is 5.00 Å². The summed E-state index contributed by atoms with van der Waals surface area (Å²) in [7, 11) is 1.33. The van der Waals surface area contributed by atoms with E-state index in [1.165, 1.54) is 18.4 Å². The van der Waals surface area contributed by atoms with Crippen molar-refractivity contribution in [3.05, 3.63) is 46.6 Å². The van der Waals surface area contributed by atoms with E-state index in [9.17, 15) is 9.59 Å². The zero-order valence-electron chi connectivity index (χ0n) is 14.9. The lowest BCUT2D eigenvalue weighted by Crippen LogP contribution is -2.30. The molecule has 0 aliphatic heterocycles. The molecule has 2 N–H and O–H groups in total. The quantitative estimate of drug-likeness (QED) is 0.798. The summed E-state index contributed by atoms with van der Waals surface area (Å²) in [4.78, 5) is 29.3. The van der Waals surface area contributed by atoms with Gasteiger partial charge in [0.2, 0.25) is 0 Å². The molecule has 7 heteroatoms. The molecule has 0 bridgehead atoms. The number of thiophene rings is 1. The molecule has 0 aliphatic carbocycles. The number of methoxy groups -OCH3 is 1. The number of aromatic nitrogens is 1. The standard InChI is InChI=1S/C18H23N3O3S/c1-18(2,3)14-11-13(16(22)24-4)15(25-14)21-17(23)20-10-8-12-7-5-6-9-19-12/h5-7,9,11H,8,10H2,1-4H3,(H2,20,21,23). The number of esters is 1. The summed E-state index contributed by atoms with van der Waals surface area (Å²) in [6.45, 7) is 6.61. The molecule has 0 spiro atoms. The number of pyridine rings is 1. The van der Waals surface area contributed by atoms with Crippen molar-refractivity contribution in [3.8, 4) is 0 Å². The van der Waals surface area contributed by atoms with E-state index in [2.05, 4.69) is 36.4 Å². The summed E-state index contributed by atoms with van der Waals surface area (Å²) in [6, 6.07) is 7.08. The van der Waals surface area contributed by atoms with Crippen LogP contribution in [-0.2, 0) is 16.6 Å². The Morgan fingerprint density at radius 2 is 2.04 bits per heavy atom. The van der Waals surface area contributed by atoms with E-state index >= 15 is 0 Å². The van der Waals surface area contributed by atoms with Crippen LogP contribution < -0.4 is 10.6 Å². The van der Waals surface area contributed by atoms with Gasteiger partial charge in [0.15, 0.2) is 0 Å². The second kappa shape index (κ2) is 8.11. The van der Waals surface area contributed by atoms with Gasteiger partial charge in [0.05, 0.1) is 12.7 Å². The van der Waals surface area contributed by atoms with Crippen LogP contribution in [0.4, 0.5) is 9.80 Å². The van der Waals surface area contributed by atoms with E-state index in [-0.39, 0.29) is 11.4 Å². The summed E-state index contributed by atoms with van der Waals surface area (Å²) in [5, 5.41) is 6.02. The number of amides is 2. The Kier molecular flexibility index (Phi) is 6.14. The Balaban J connectivity index is 2.01. The van der Waals surface area contributed by atoms with Gasteiger partial charge in [0, 0.05) is 29.7 Å². The van der Waals surface area contributed by atoms with Crippen molar-refractivity contribution >= 4 is 28.3 Å². The molecule has 2 heterocycles. The minimum atomic E-state index is -0.462. The molecule has 2 aromatic rings. The van der Waals surface area contributed by atoms with E-state index in [0.29, 0.717) is 23.5 Å². The van der Waals surface area contributed by atoms with Crippen molar-refractivity contribution in [2.45, 2.75) is 32.6 Å². The summed E-state index contributed by atoms with van der Waals surface area (Å²) >= 11 is 1.38. The van der Waals surface area contributed by atoms with Crippen LogP contribution >= 0.6 is 11.3 Å². The molecule has 0 radical (unpaired) electrons. The molecule has 0 fully saturated rings. The third kappa shape index (κ3) is 5.29. The number of rotatable bonds is 5. The fourth-order valence-electron chi connectivity index (χ4n) is 2.11. The van der Waals surface area contributed by atoms with E-state index in [1.807, 2.05) is 18.2 Å². The second-order valence-electron chi connectivity index (χ2n) is 6.55. The minimum Gasteiger partial charge on any atom is -0.465 e. The van der Waals surface area contributed by atoms with Crippen LogP contribution in [0.15, 0.2) is 30.5 Å². The molecule has 2 aromatic heterocycles. The SMILES string of the molecule is COC(=O)c1cc(C(C)(C)C)sc1NC(=O)NCCc1ccccn1. The topological polar surface area (TPSA) is 80.3 Å². The van der Waals surface area contributed by atoms with E-state index < -0.39 is 5.97 Å². The van der Waals surface area contributed by atoms with Crippen molar-refractivity contribution in [3.63, 3.8) is 0 Å². The lowest BCUT2D eigenvalue weighted by Gasteiger charge is -2.15. The molecule has 0 saturated carbocycles. The second-order valence-corrected chi connectivity index (χ2v) is 7.60. The number of nitrogens with one attached hydrogen (secondary N) is 2. The van der Waals surface area contributed by atoms with Gasteiger partial charge in [-0.1, -0.05) is 26.8 Å². The maximum absolute atomic E-state index is 12.1. The van der Waals surface area contributed by atoms with Gasteiger partial charge in [-0.25, -0.2) is 9.59 Å². The zero-order valence-corrected chi connectivity index (χ0v) is 15.7. The number of nitrogens with zero attached hydrogens (tertiary/aromatic N) is 1. The summed E-state index contributed by atoms with van der Waals surface area (Å²) in [5.74, 6) is -0.462. The zero-order chi connectivity index (χ0) is 18.4. The highest BCUT2D eigenvalue weighted by molar-refractivity contribution is 7.16. The molecule has 0 aromatic carbocycles. The van der Waals surface area contributed by atoms with Crippen LogP contribution in [0, 0.1) is 0 Å². The van der Waals surface area contributed by atoms with Gasteiger partial charge in [-0.15, -0.1) is 11.3 Å². The normalized spacial score (nSPS) is 11.0. The van der Waals surface area contributed by atoms with E-state index in [4.69, 9.17) is 4.74 Å². The number of hydrogen-bond donors (Lipinski definition) is 2. The minimum absolute atomic E-state index is 0.122. The number of carbonyl (C=O) groups is 2. The fraction of sp³-hybridized carbons (Fsp3) is 0.389. The molecule has 6 nitrogen and oxygen atoms in total. The van der Waals surface area contributed by atoms with Gasteiger partial charge >= 0.3 is 12.0 Å². The van der Waals surface area contributed by atoms with Crippen molar-refractivity contribution in [2.75, 3.05) is 19.0 Å². The Morgan fingerprint density at radius 3 is 2.64 bits per heavy atom. The average Bonchev–Trinajstić information content (AvgIpc) is 2.99. The predicted octanol–water partition coefficient (Wildman–Crippen LogP) is 3.59. The van der Waals surface area contributed by atoms with Gasteiger partial charge in [0.25, 0.3) is 0 Å². The van der Waals surface area contributed by atoms with Gasteiger partial charge < -0.3 is 10.1 Å². The first kappa shape index (κ1) is 18.9. The summed E-state index contributed by atoms with van der Waals surface area (Å²) in [5.41, 5.74) is 1.16. The lowest BCUT2D eigenvalue weighted by molar-refractivity contribution is 0.0602. The number of ether oxygens (including phenoxy) is 1. The van der Waals surface area contributed by atoms with Crippen LogP contribution in [0.3, 0.4) is 0 Å². The van der Waals surface area contributed by atoms with Gasteiger partial charge in [-0.3, -0.25) is 10.3 Å². The number of anilines is 1. The molecule has 0 aliphatic rings. The molecule has 134 valence electrons.